The fourth-order valence-electron chi connectivity index (χ4n) is 6.99. The quantitative estimate of drug-likeness (QED) is 0.778. The number of carbonyl (C=O) groups excluding carboxylic acids is 1. The van der Waals surface area contributed by atoms with Crippen LogP contribution in [0.5, 0.6) is 0 Å². The number of amides is 1. The van der Waals surface area contributed by atoms with Crippen LogP contribution in [0.15, 0.2) is 60.7 Å². The lowest BCUT2D eigenvalue weighted by molar-refractivity contribution is -0.131. The van der Waals surface area contributed by atoms with E-state index < -0.39 is 0 Å². The Morgan fingerprint density at radius 1 is 0.889 bits per heavy atom. The highest BCUT2D eigenvalue weighted by Crippen LogP contribution is 2.66. The van der Waals surface area contributed by atoms with Gasteiger partial charge in [0.25, 0.3) is 0 Å². The summed E-state index contributed by atoms with van der Waals surface area (Å²) >= 11 is 0. The van der Waals surface area contributed by atoms with Crippen molar-refractivity contribution in [3.8, 4) is 0 Å². The lowest BCUT2D eigenvalue weighted by atomic mass is 9.42. The van der Waals surface area contributed by atoms with Gasteiger partial charge in [-0.1, -0.05) is 60.7 Å². The molecule has 4 aliphatic rings. The average Bonchev–Trinajstić information content (AvgIpc) is 2.66. The van der Waals surface area contributed by atoms with Crippen molar-refractivity contribution in [2.24, 2.45) is 17.3 Å². The Morgan fingerprint density at radius 2 is 1.52 bits per heavy atom. The Bertz CT molecular complexity index is 799. The van der Waals surface area contributed by atoms with Crippen molar-refractivity contribution in [3.63, 3.8) is 0 Å². The second kappa shape index (κ2) is 6.51. The number of rotatable bonds is 5. The van der Waals surface area contributed by atoms with Gasteiger partial charge in [-0.25, -0.2) is 0 Å². The van der Waals surface area contributed by atoms with Gasteiger partial charge in [0.15, 0.2) is 0 Å². The van der Waals surface area contributed by atoms with E-state index in [0.29, 0.717) is 18.4 Å². The smallest absolute Gasteiger partial charge is 0.220 e. The van der Waals surface area contributed by atoms with Gasteiger partial charge in [-0.2, -0.15) is 0 Å². The molecule has 0 aliphatic heterocycles. The van der Waals surface area contributed by atoms with Gasteiger partial charge in [0.05, 0.1) is 0 Å². The summed E-state index contributed by atoms with van der Waals surface area (Å²) in [6.07, 6.45) is 8.49. The first kappa shape index (κ1) is 17.0. The van der Waals surface area contributed by atoms with Crippen molar-refractivity contribution in [1.29, 1.82) is 0 Å². The Kier molecular flexibility index (Phi) is 4.11. The molecule has 2 heteroatoms. The fourth-order valence-corrected chi connectivity index (χ4v) is 6.99. The molecule has 4 aliphatic carbocycles. The van der Waals surface area contributed by atoms with Gasteiger partial charge >= 0.3 is 0 Å². The molecule has 2 aromatic rings. The molecule has 0 heterocycles. The molecule has 2 unspecified atom stereocenters. The van der Waals surface area contributed by atoms with Gasteiger partial charge in [0.2, 0.25) is 5.91 Å². The van der Waals surface area contributed by atoms with E-state index in [2.05, 4.69) is 47.8 Å². The summed E-state index contributed by atoms with van der Waals surface area (Å²) in [5.74, 6) is 1.87. The van der Waals surface area contributed by atoms with Crippen LogP contribution in [0.3, 0.4) is 0 Å². The Balaban J connectivity index is 1.33. The molecule has 0 spiro atoms. The van der Waals surface area contributed by atoms with Gasteiger partial charge in [-0.15, -0.1) is 0 Å². The van der Waals surface area contributed by atoms with Crippen LogP contribution in [-0.2, 0) is 16.8 Å². The predicted molar refractivity (Wildman–Crippen MR) is 108 cm³/mol. The van der Waals surface area contributed by atoms with Gasteiger partial charge in [-0.3, -0.25) is 4.79 Å². The summed E-state index contributed by atoms with van der Waals surface area (Å²) in [4.78, 5) is 12.8. The highest BCUT2D eigenvalue weighted by atomic mass is 16.1. The molecular weight excluding hydrogens is 330 g/mol. The van der Waals surface area contributed by atoms with Gasteiger partial charge in [0.1, 0.15) is 0 Å². The number of benzene rings is 2. The number of hydrogen-bond donors (Lipinski definition) is 1. The first-order valence-electron chi connectivity index (χ1n) is 10.5. The molecule has 2 aromatic carbocycles. The highest BCUT2D eigenvalue weighted by molar-refractivity contribution is 5.76. The van der Waals surface area contributed by atoms with Crippen LogP contribution >= 0.6 is 0 Å². The maximum absolute atomic E-state index is 12.8. The summed E-state index contributed by atoms with van der Waals surface area (Å²) < 4.78 is 0. The molecule has 4 atom stereocenters. The Morgan fingerprint density at radius 3 is 2.19 bits per heavy atom. The normalized spacial score (nSPS) is 33.8. The van der Waals surface area contributed by atoms with Crippen LogP contribution in [0, 0.1) is 17.3 Å². The van der Waals surface area contributed by atoms with Crippen LogP contribution < -0.4 is 5.32 Å². The molecule has 4 saturated carbocycles. The molecular formula is C25H29NO. The summed E-state index contributed by atoms with van der Waals surface area (Å²) in [6.45, 7) is 0.645. The predicted octanol–water partition coefficient (Wildman–Crippen LogP) is 5.23. The van der Waals surface area contributed by atoms with Gasteiger partial charge in [-0.05, 0) is 72.3 Å². The first-order valence-corrected chi connectivity index (χ1v) is 10.5. The second-order valence-corrected chi connectivity index (χ2v) is 9.55. The van der Waals surface area contributed by atoms with E-state index >= 15 is 0 Å². The third kappa shape index (κ3) is 3.20. The van der Waals surface area contributed by atoms with E-state index in [1.54, 1.807) is 0 Å². The summed E-state index contributed by atoms with van der Waals surface area (Å²) in [6, 6.07) is 21.4. The molecule has 2 nitrogen and oxygen atoms in total. The maximum atomic E-state index is 12.8. The Labute approximate surface area is 162 Å². The monoisotopic (exact) mass is 359 g/mol. The molecule has 0 radical (unpaired) electrons. The number of nitrogens with one attached hydrogen (secondary N) is 1. The zero-order chi connectivity index (χ0) is 18.3. The standard InChI is InChI=1S/C25H29NO/c27-23(26-17-19-7-3-1-4-8-19)16-24-12-20-11-21(13-24)15-25(14-20,18-24)22-9-5-2-6-10-22/h1-10,20-21H,11-18H2,(H,26,27)/t20-,21+,24?,25?. The van der Waals surface area contributed by atoms with E-state index in [0.717, 1.165) is 11.8 Å². The maximum Gasteiger partial charge on any atom is 0.220 e. The minimum Gasteiger partial charge on any atom is -0.352 e. The SMILES string of the molecule is O=C(CC12C[C@H]3C[C@@H](C1)CC(c1ccccc1)(C3)C2)NCc1ccccc1. The van der Waals surface area contributed by atoms with Crippen LogP contribution in [0.25, 0.3) is 0 Å². The van der Waals surface area contributed by atoms with Crippen molar-refractivity contribution in [2.75, 3.05) is 0 Å². The third-order valence-electron chi connectivity index (χ3n) is 7.44. The minimum atomic E-state index is 0.223. The molecule has 0 aromatic heterocycles. The lowest BCUT2D eigenvalue weighted by Gasteiger charge is -2.62. The summed E-state index contributed by atoms with van der Waals surface area (Å²) in [5.41, 5.74) is 3.25. The third-order valence-corrected chi connectivity index (χ3v) is 7.44. The van der Waals surface area contributed by atoms with Crippen LogP contribution in [0.4, 0.5) is 0 Å². The molecule has 140 valence electrons. The van der Waals surface area contributed by atoms with Crippen molar-refractivity contribution < 1.29 is 4.79 Å². The Hall–Kier alpha value is -2.09. The molecule has 4 bridgehead atoms. The zero-order valence-corrected chi connectivity index (χ0v) is 16.0. The van der Waals surface area contributed by atoms with Crippen molar-refractivity contribution >= 4 is 5.91 Å². The van der Waals surface area contributed by atoms with Crippen molar-refractivity contribution in [3.05, 3.63) is 71.8 Å². The molecule has 1 N–H and O–H groups in total. The fraction of sp³-hybridized carbons (Fsp3) is 0.480. The van der Waals surface area contributed by atoms with E-state index in [-0.39, 0.29) is 11.3 Å². The summed E-state index contributed by atoms with van der Waals surface area (Å²) in [5, 5.41) is 3.19. The van der Waals surface area contributed by atoms with Crippen molar-refractivity contribution in [1.82, 2.24) is 5.32 Å². The summed E-state index contributed by atoms with van der Waals surface area (Å²) in [7, 11) is 0. The van der Waals surface area contributed by atoms with Crippen molar-refractivity contribution in [2.45, 2.75) is 56.9 Å². The zero-order valence-electron chi connectivity index (χ0n) is 16.0. The average molecular weight is 360 g/mol. The van der Waals surface area contributed by atoms with Crippen LogP contribution in [0.2, 0.25) is 0 Å². The molecule has 27 heavy (non-hydrogen) atoms. The van der Waals surface area contributed by atoms with E-state index in [1.807, 2.05) is 18.2 Å². The van der Waals surface area contributed by atoms with Gasteiger partial charge < -0.3 is 5.32 Å². The molecule has 0 saturated heterocycles. The van der Waals surface area contributed by atoms with Crippen LogP contribution in [0.1, 0.15) is 56.1 Å². The molecule has 4 fully saturated rings. The first-order chi connectivity index (χ1) is 13.1. The highest BCUT2D eigenvalue weighted by Gasteiger charge is 2.58. The van der Waals surface area contributed by atoms with Crippen LogP contribution in [-0.4, -0.2) is 5.91 Å². The largest absolute Gasteiger partial charge is 0.352 e. The topological polar surface area (TPSA) is 29.1 Å². The van der Waals surface area contributed by atoms with E-state index in [1.165, 1.54) is 49.7 Å². The number of carbonyl (C=O) groups is 1. The van der Waals surface area contributed by atoms with E-state index in [9.17, 15) is 4.79 Å². The molecule has 6 rings (SSSR count). The van der Waals surface area contributed by atoms with Gasteiger partial charge in [0, 0.05) is 13.0 Å². The second-order valence-electron chi connectivity index (χ2n) is 9.55. The number of hydrogen-bond acceptors (Lipinski definition) is 1. The minimum absolute atomic E-state index is 0.223. The molecule has 1 amide bonds. The lowest BCUT2D eigenvalue weighted by Crippen LogP contribution is -2.55. The van der Waals surface area contributed by atoms with E-state index in [4.69, 9.17) is 0 Å².